The van der Waals surface area contributed by atoms with Crippen molar-refractivity contribution < 1.29 is 18.0 Å². The average Bonchev–Trinajstić information content (AvgIpc) is 2.69. The number of nitrogens with one attached hydrogen (secondary N) is 1. The van der Waals surface area contributed by atoms with Gasteiger partial charge in [0, 0.05) is 12.1 Å². The summed E-state index contributed by atoms with van der Waals surface area (Å²) in [4.78, 5) is 33.5. The number of para-hydroxylation sites is 1. The molecule has 1 amide bonds. The molecule has 0 bridgehead atoms. The van der Waals surface area contributed by atoms with E-state index in [-0.39, 0.29) is 23.7 Å². The van der Waals surface area contributed by atoms with Crippen LogP contribution in [0, 0.1) is 0 Å². The summed E-state index contributed by atoms with van der Waals surface area (Å²) in [6, 6.07) is 11.4. The Morgan fingerprint density at radius 2 is 1.90 bits per heavy atom. The maximum Gasteiger partial charge on any atom is 0.416 e. The first-order valence-electron chi connectivity index (χ1n) is 9.29. The molecule has 1 N–H and O–H groups in total. The minimum Gasteiger partial charge on any atom is -0.329 e. The summed E-state index contributed by atoms with van der Waals surface area (Å²) in [6.07, 6.45) is -1.90. The molecule has 30 heavy (non-hydrogen) atoms. The maximum absolute atomic E-state index is 12.9. The number of fused-ring (bicyclic) bond motifs is 1. The van der Waals surface area contributed by atoms with E-state index in [2.05, 4.69) is 9.97 Å². The Morgan fingerprint density at radius 3 is 2.60 bits per heavy atom. The number of hydrogen-bond donors (Lipinski definition) is 1. The standard InChI is InChI=1S/C22H20F3N3O2/c1-14(2)28(13-19-26-18-9-4-3-8-17(18)21(30)27-19)20(29)11-10-15-6-5-7-16(12-15)22(23,24)25/h3-12,14H,13H2,1-2H3,(H,26,27,30)/b11-10+. The third kappa shape index (κ3) is 4.94. The van der Waals surface area contributed by atoms with E-state index in [0.29, 0.717) is 16.7 Å². The number of rotatable bonds is 5. The molecule has 0 unspecified atom stereocenters. The highest BCUT2D eigenvalue weighted by atomic mass is 19.4. The lowest BCUT2D eigenvalue weighted by atomic mass is 10.1. The van der Waals surface area contributed by atoms with E-state index >= 15 is 0 Å². The van der Waals surface area contributed by atoms with Crippen molar-refractivity contribution in [3.8, 4) is 0 Å². The van der Waals surface area contributed by atoms with Crippen LogP contribution in [-0.2, 0) is 17.5 Å². The van der Waals surface area contributed by atoms with Gasteiger partial charge >= 0.3 is 6.18 Å². The number of amides is 1. The molecular formula is C22H20F3N3O2. The first-order chi connectivity index (χ1) is 14.1. The zero-order chi connectivity index (χ0) is 21.9. The minimum absolute atomic E-state index is 0.0590. The van der Waals surface area contributed by atoms with Gasteiger partial charge in [0.1, 0.15) is 5.82 Å². The number of hydrogen-bond acceptors (Lipinski definition) is 3. The van der Waals surface area contributed by atoms with E-state index in [0.717, 1.165) is 12.1 Å². The van der Waals surface area contributed by atoms with Crippen LogP contribution in [0.1, 0.15) is 30.8 Å². The number of nitrogens with zero attached hydrogens (tertiary/aromatic N) is 2. The van der Waals surface area contributed by atoms with Crippen LogP contribution in [-0.4, -0.2) is 26.8 Å². The molecule has 0 fully saturated rings. The Balaban J connectivity index is 1.82. The van der Waals surface area contributed by atoms with Gasteiger partial charge in [-0.15, -0.1) is 0 Å². The molecule has 0 spiro atoms. The van der Waals surface area contributed by atoms with Crippen molar-refractivity contribution in [1.82, 2.24) is 14.9 Å². The number of alkyl halides is 3. The second kappa shape index (κ2) is 8.52. The molecule has 156 valence electrons. The van der Waals surface area contributed by atoms with E-state index in [1.54, 1.807) is 38.1 Å². The van der Waals surface area contributed by atoms with Crippen LogP contribution in [0.3, 0.4) is 0 Å². The summed E-state index contributed by atoms with van der Waals surface area (Å²) in [5, 5.41) is 0.452. The fourth-order valence-electron chi connectivity index (χ4n) is 2.97. The van der Waals surface area contributed by atoms with Crippen LogP contribution in [0.25, 0.3) is 17.0 Å². The van der Waals surface area contributed by atoms with Crippen molar-refractivity contribution in [2.45, 2.75) is 32.6 Å². The molecule has 3 rings (SSSR count). The summed E-state index contributed by atoms with van der Waals surface area (Å²) in [6.45, 7) is 3.66. The van der Waals surface area contributed by atoms with E-state index < -0.39 is 17.6 Å². The number of aromatic amines is 1. The second-order valence-electron chi connectivity index (χ2n) is 7.05. The Bertz CT molecular complexity index is 1150. The van der Waals surface area contributed by atoms with Gasteiger partial charge in [0.15, 0.2) is 0 Å². The molecule has 0 saturated heterocycles. The average molecular weight is 415 g/mol. The van der Waals surface area contributed by atoms with E-state index in [9.17, 15) is 22.8 Å². The van der Waals surface area contributed by atoms with Gasteiger partial charge < -0.3 is 9.88 Å². The van der Waals surface area contributed by atoms with Crippen molar-refractivity contribution in [1.29, 1.82) is 0 Å². The number of H-pyrrole nitrogens is 1. The molecule has 0 aliphatic heterocycles. The van der Waals surface area contributed by atoms with Crippen molar-refractivity contribution in [3.05, 3.63) is 81.9 Å². The third-order valence-electron chi connectivity index (χ3n) is 4.52. The molecule has 5 nitrogen and oxygen atoms in total. The van der Waals surface area contributed by atoms with Gasteiger partial charge in [0.05, 0.1) is 23.0 Å². The highest BCUT2D eigenvalue weighted by Gasteiger charge is 2.30. The number of benzene rings is 2. The molecule has 0 aliphatic rings. The number of aromatic nitrogens is 2. The molecule has 0 atom stereocenters. The van der Waals surface area contributed by atoms with Gasteiger partial charge in [0.2, 0.25) is 5.91 Å². The summed E-state index contributed by atoms with van der Waals surface area (Å²) < 4.78 is 38.6. The first-order valence-corrected chi connectivity index (χ1v) is 9.29. The largest absolute Gasteiger partial charge is 0.416 e. The monoisotopic (exact) mass is 415 g/mol. The van der Waals surface area contributed by atoms with Gasteiger partial charge in [0.25, 0.3) is 5.56 Å². The highest BCUT2D eigenvalue weighted by molar-refractivity contribution is 5.92. The van der Waals surface area contributed by atoms with Crippen LogP contribution in [0.15, 0.2) is 59.4 Å². The highest BCUT2D eigenvalue weighted by Crippen LogP contribution is 2.29. The van der Waals surface area contributed by atoms with Crippen LogP contribution in [0.4, 0.5) is 13.2 Å². The van der Waals surface area contributed by atoms with Crippen LogP contribution in [0.5, 0.6) is 0 Å². The lowest BCUT2D eigenvalue weighted by Crippen LogP contribution is -2.36. The topological polar surface area (TPSA) is 66.1 Å². The predicted molar refractivity (Wildman–Crippen MR) is 109 cm³/mol. The van der Waals surface area contributed by atoms with E-state index in [1.807, 2.05) is 0 Å². The quantitative estimate of drug-likeness (QED) is 0.629. The molecule has 1 aromatic heterocycles. The summed E-state index contributed by atoms with van der Waals surface area (Å²) in [7, 11) is 0. The number of carbonyl (C=O) groups is 1. The smallest absolute Gasteiger partial charge is 0.329 e. The molecule has 0 radical (unpaired) electrons. The fourth-order valence-corrected chi connectivity index (χ4v) is 2.97. The van der Waals surface area contributed by atoms with Gasteiger partial charge in [-0.1, -0.05) is 24.3 Å². The number of carbonyl (C=O) groups excluding carboxylic acids is 1. The Kier molecular flexibility index (Phi) is 6.05. The Labute approximate surface area is 170 Å². The molecule has 8 heteroatoms. The third-order valence-corrected chi connectivity index (χ3v) is 4.52. The lowest BCUT2D eigenvalue weighted by molar-refractivity contribution is -0.137. The predicted octanol–water partition coefficient (Wildman–Crippen LogP) is 4.39. The SMILES string of the molecule is CC(C)N(Cc1nc2ccccc2c(=O)[nH]1)C(=O)/C=C/c1cccc(C(F)(F)F)c1. The zero-order valence-corrected chi connectivity index (χ0v) is 16.4. The molecule has 0 saturated carbocycles. The second-order valence-corrected chi connectivity index (χ2v) is 7.05. The first kappa shape index (κ1) is 21.3. The van der Waals surface area contributed by atoms with Crippen LogP contribution >= 0.6 is 0 Å². The lowest BCUT2D eigenvalue weighted by Gasteiger charge is -2.25. The Hall–Kier alpha value is -3.42. The normalized spacial score (nSPS) is 12.1. The van der Waals surface area contributed by atoms with Crippen molar-refractivity contribution in [3.63, 3.8) is 0 Å². The Morgan fingerprint density at radius 1 is 1.17 bits per heavy atom. The van der Waals surface area contributed by atoms with Gasteiger partial charge in [-0.3, -0.25) is 9.59 Å². The maximum atomic E-state index is 12.9. The summed E-state index contributed by atoms with van der Waals surface area (Å²) in [5.74, 6) is -0.0774. The van der Waals surface area contributed by atoms with Crippen molar-refractivity contribution >= 4 is 22.9 Å². The summed E-state index contributed by atoms with van der Waals surface area (Å²) >= 11 is 0. The van der Waals surface area contributed by atoms with E-state index in [1.165, 1.54) is 29.2 Å². The molecule has 0 aliphatic carbocycles. The van der Waals surface area contributed by atoms with Crippen LogP contribution in [0.2, 0.25) is 0 Å². The van der Waals surface area contributed by atoms with E-state index in [4.69, 9.17) is 0 Å². The molecular weight excluding hydrogens is 395 g/mol. The fraction of sp³-hybridized carbons (Fsp3) is 0.227. The van der Waals surface area contributed by atoms with Gasteiger partial charge in [-0.05, 0) is 49.8 Å². The van der Waals surface area contributed by atoms with Gasteiger partial charge in [-0.25, -0.2) is 4.98 Å². The van der Waals surface area contributed by atoms with Crippen molar-refractivity contribution in [2.24, 2.45) is 0 Å². The zero-order valence-electron chi connectivity index (χ0n) is 16.4. The van der Waals surface area contributed by atoms with Crippen LogP contribution < -0.4 is 5.56 Å². The minimum atomic E-state index is -4.45. The van der Waals surface area contributed by atoms with Crippen molar-refractivity contribution in [2.75, 3.05) is 0 Å². The number of halogens is 3. The molecule has 3 aromatic rings. The molecule has 1 heterocycles. The van der Waals surface area contributed by atoms with Gasteiger partial charge in [-0.2, -0.15) is 13.2 Å². The summed E-state index contributed by atoms with van der Waals surface area (Å²) in [5.41, 5.74) is -0.298. The molecule has 2 aromatic carbocycles.